The first-order valence-electron chi connectivity index (χ1n) is 8.72. The van der Waals surface area contributed by atoms with Gasteiger partial charge in [-0.3, -0.25) is 4.79 Å². The average molecular weight is 427 g/mol. The number of hydrogen-bond acceptors (Lipinski definition) is 6. The lowest BCUT2D eigenvalue weighted by Crippen LogP contribution is -2.45. The predicted octanol–water partition coefficient (Wildman–Crippen LogP) is 2.62. The smallest absolute Gasteiger partial charge is 0.254 e. The van der Waals surface area contributed by atoms with E-state index in [4.69, 9.17) is 9.47 Å². The zero-order valence-electron chi connectivity index (χ0n) is 15.4. The lowest BCUT2D eigenvalue weighted by Gasteiger charge is -2.22. The molecule has 0 saturated carbocycles. The molecule has 0 aromatic heterocycles. The number of hydrogen-bond donors (Lipinski definition) is 2. The van der Waals surface area contributed by atoms with Crippen LogP contribution in [-0.4, -0.2) is 45.9 Å². The minimum Gasteiger partial charge on any atom is -0.456 e. The number of halogens is 1. The normalized spacial score (nSPS) is 16.7. The highest BCUT2D eigenvalue weighted by Gasteiger charge is 2.22. The van der Waals surface area contributed by atoms with Gasteiger partial charge in [0.25, 0.3) is 5.91 Å². The second-order valence-electron chi connectivity index (χ2n) is 6.03. The molecule has 2 aromatic carbocycles. The van der Waals surface area contributed by atoms with Gasteiger partial charge in [-0.05, 0) is 36.4 Å². The summed E-state index contributed by atoms with van der Waals surface area (Å²) in [5.74, 6) is 0.534. The summed E-state index contributed by atoms with van der Waals surface area (Å²) in [6.07, 6.45) is -0.513. The zero-order valence-corrected chi connectivity index (χ0v) is 17.0. The number of sulfone groups is 1. The van der Waals surface area contributed by atoms with Gasteiger partial charge in [0.05, 0.1) is 12.4 Å². The van der Waals surface area contributed by atoms with Crippen LogP contribution in [0.3, 0.4) is 0 Å². The Balaban J connectivity index is 0.00000280. The number of anilines is 1. The SMILES string of the molecule is CCS(=O)(=O)c1ccccc1Oc1ccc(NC(=O)C2CNCCO2)cc1.Cl. The molecule has 1 saturated heterocycles. The molecule has 2 N–H and O–H groups in total. The Kier molecular flexibility index (Phi) is 7.82. The maximum atomic E-state index is 12.2. The van der Waals surface area contributed by atoms with E-state index in [0.29, 0.717) is 24.6 Å². The van der Waals surface area contributed by atoms with Crippen LogP contribution in [0.15, 0.2) is 53.4 Å². The number of para-hydroxylation sites is 1. The summed E-state index contributed by atoms with van der Waals surface area (Å²) in [5.41, 5.74) is 0.607. The van der Waals surface area contributed by atoms with Gasteiger partial charge in [-0.25, -0.2) is 8.42 Å². The first-order valence-corrected chi connectivity index (χ1v) is 10.4. The summed E-state index contributed by atoms with van der Waals surface area (Å²) in [6.45, 7) is 3.32. The molecule has 1 fully saturated rings. The highest BCUT2D eigenvalue weighted by Crippen LogP contribution is 2.30. The van der Waals surface area contributed by atoms with E-state index in [1.54, 1.807) is 49.4 Å². The van der Waals surface area contributed by atoms with Crippen LogP contribution in [0.2, 0.25) is 0 Å². The van der Waals surface area contributed by atoms with E-state index in [2.05, 4.69) is 10.6 Å². The molecule has 0 bridgehead atoms. The van der Waals surface area contributed by atoms with Crippen molar-refractivity contribution in [2.24, 2.45) is 0 Å². The molecule has 1 heterocycles. The van der Waals surface area contributed by atoms with E-state index in [1.807, 2.05) is 0 Å². The van der Waals surface area contributed by atoms with Gasteiger partial charge >= 0.3 is 0 Å². The molecule has 0 radical (unpaired) electrons. The van der Waals surface area contributed by atoms with Crippen LogP contribution < -0.4 is 15.4 Å². The van der Waals surface area contributed by atoms with Crippen LogP contribution >= 0.6 is 12.4 Å². The Bertz CT molecular complexity index is 897. The van der Waals surface area contributed by atoms with Crippen molar-refractivity contribution in [1.29, 1.82) is 0 Å². The molecular formula is C19H23ClN2O5S. The monoisotopic (exact) mass is 426 g/mol. The fraction of sp³-hybridized carbons (Fsp3) is 0.316. The Morgan fingerprint density at radius 1 is 1.21 bits per heavy atom. The van der Waals surface area contributed by atoms with Crippen LogP contribution in [0.25, 0.3) is 0 Å². The van der Waals surface area contributed by atoms with E-state index in [1.165, 1.54) is 6.07 Å². The third-order valence-electron chi connectivity index (χ3n) is 4.13. The number of ether oxygens (including phenoxy) is 2. The van der Waals surface area contributed by atoms with Crippen molar-refractivity contribution in [1.82, 2.24) is 5.32 Å². The molecule has 1 unspecified atom stereocenters. The van der Waals surface area contributed by atoms with Crippen LogP contribution in [0.1, 0.15) is 6.92 Å². The third-order valence-corrected chi connectivity index (χ3v) is 5.90. The van der Waals surface area contributed by atoms with Gasteiger partial charge in [0.15, 0.2) is 9.84 Å². The maximum Gasteiger partial charge on any atom is 0.254 e. The summed E-state index contributed by atoms with van der Waals surface area (Å²) >= 11 is 0. The zero-order chi connectivity index (χ0) is 19.3. The Morgan fingerprint density at radius 2 is 1.93 bits per heavy atom. The Hall–Kier alpha value is -2.13. The number of morpholine rings is 1. The largest absolute Gasteiger partial charge is 0.456 e. The molecule has 28 heavy (non-hydrogen) atoms. The summed E-state index contributed by atoms with van der Waals surface area (Å²) < 4.78 is 35.5. The van der Waals surface area contributed by atoms with Gasteiger partial charge < -0.3 is 20.1 Å². The predicted molar refractivity (Wildman–Crippen MR) is 109 cm³/mol. The first kappa shape index (κ1) is 22.2. The number of carbonyl (C=O) groups excluding carboxylic acids is 1. The van der Waals surface area contributed by atoms with Crippen molar-refractivity contribution in [3.63, 3.8) is 0 Å². The molecule has 2 aromatic rings. The van der Waals surface area contributed by atoms with Gasteiger partial charge in [0.2, 0.25) is 0 Å². The Morgan fingerprint density at radius 3 is 2.57 bits per heavy atom. The fourth-order valence-electron chi connectivity index (χ4n) is 2.64. The van der Waals surface area contributed by atoms with Crippen molar-refractivity contribution < 1.29 is 22.7 Å². The van der Waals surface area contributed by atoms with Crippen LogP contribution in [0.5, 0.6) is 11.5 Å². The highest BCUT2D eigenvalue weighted by molar-refractivity contribution is 7.91. The van der Waals surface area contributed by atoms with Crippen molar-refractivity contribution >= 4 is 33.8 Å². The van der Waals surface area contributed by atoms with Crippen LogP contribution in [-0.2, 0) is 19.4 Å². The van der Waals surface area contributed by atoms with Gasteiger partial charge in [-0.15, -0.1) is 12.4 Å². The Labute approximate surface area is 170 Å². The van der Waals surface area contributed by atoms with E-state index >= 15 is 0 Å². The van der Waals surface area contributed by atoms with Gasteiger partial charge in [-0.1, -0.05) is 19.1 Å². The molecule has 1 atom stereocenters. The number of benzene rings is 2. The van der Waals surface area contributed by atoms with Crippen LogP contribution in [0, 0.1) is 0 Å². The quantitative estimate of drug-likeness (QED) is 0.737. The second-order valence-corrected chi connectivity index (χ2v) is 8.28. The maximum absolute atomic E-state index is 12.2. The lowest BCUT2D eigenvalue weighted by molar-refractivity contribution is -0.128. The molecule has 3 rings (SSSR count). The van der Waals surface area contributed by atoms with Gasteiger partial charge in [0.1, 0.15) is 22.5 Å². The summed E-state index contributed by atoms with van der Waals surface area (Å²) in [7, 11) is -3.39. The van der Waals surface area contributed by atoms with Crippen molar-refractivity contribution in [2.75, 3.05) is 30.8 Å². The first-order chi connectivity index (χ1) is 13.0. The molecule has 9 heteroatoms. The minimum absolute atomic E-state index is 0. The number of nitrogens with one attached hydrogen (secondary N) is 2. The standard InChI is InChI=1S/C19H22N2O5S.ClH/c1-2-27(23,24)18-6-4-3-5-16(18)26-15-9-7-14(8-10-15)21-19(22)17-13-20-11-12-25-17;/h3-10,17,20H,2,11-13H2,1H3,(H,21,22);1H. The molecule has 1 aliphatic rings. The molecule has 152 valence electrons. The average Bonchev–Trinajstić information content (AvgIpc) is 2.70. The topological polar surface area (TPSA) is 93.7 Å². The molecule has 7 nitrogen and oxygen atoms in total. The van der Waals surface area contributed by atoms with Crippen molar-refractivity contribution in [2.45, 2.75) is 17.9 Å². The van der Waals surface area contributed by atoms with Crippen LogP contribution in [0.4, 0.5) is 5.69 Å². The summed E-state index contributed by atoms with van der Waals surface area (Å²) in [5, 5.41) is 5.90. The molecule has 1 aliphatic heterocycles. The summed E-state index contributed by atoms with van der Waals surface area (Å²) in [4.78, 5) is 12.3. The van der Waals surface area contributed by atoms with E-state index in [-0.39, 0.29) is 34.7 Å². The third kappa shape index (κ3) is 5.45. The second kappa shape index (κ2) is 9.88. The fourth-order valence-corrected chi connectivity index (χ4v) is 3.65. The molecular weight excluding hydrogens is 404 g/mol. The number of carbonyl (C=O) groups is 1. The number of amides is 1. The summed E-state index contributed by atoms with van der Waals surface area (Å²) in [6, 6.07) is 13.3. The minimum atomic E-state index is -3.39. The van der Waals surface area contributed by atoms with E-state index in [0.717, 1.165) is 6.54 Å². The van der Waals surface area contributed by atoms with Crippen molar-refractivity contribution in [3.05, 3.63) is 48.5 Å². The molecule has 0 spiro atoms. The number of rotatable bonds is 6. The van der Waals surface area contributed by atoms with Crippen molar-refractivity contribution in [3.8, 4) is 11.5 Å². The van der Waals surface area contributed by atoms with Gasteiger partial charge in [0, 0.05) is 18.8 Å². The molecule has 1 amide bonds. The van der Waals surface area contributed by atoms with Gasteiger partial charge in [-0.2, -0.15) is 0 Å². The molecule has 0 aliphatic carbocycles. The van der Waals surface area contributed by atoms with E-state index < -0.39 is 15.9 Å². The lowest BCUT2D eigenvalue weighted by atomic mass is 10.2. The highest BCUT2D eigenvalue weighted by atomic mass is 35.5. The van der Waals surface area contributed by atoms with E-state index in [9.17, 15) is 13.2 Å².